The topological polar surface area (TPSA) is 91.2 Å². The van der Waals surface area contributed by atoms with Gasteiger partial charge in [-0.05, 0) is 40.8 Å². The first kappa shape index (κ1) is 16.4. The van der Waals surface area contributed by atoms with Crippen LogP contribution in [0.15, 0.2) is 48.5 Å². The maximum absolute atomic E-state index is 12.4. The molecular formula is C17H17N5O3. The summed E-state index contributed by atoms with van der Waals surface area (Å²) in [5.41, 5.74) is 1.28. The first-order valence-corrected chi connectivity index (χ1v) is 7.56. The second kappa shape index (κ2) is 7.43. The number of tetrazole rings is 1. The SMILES string of the molecule is COc1ccc(C(=O)NCc2nnnn2-c2ccccc2)cc1OC. The molecule has 1 N–H and O–H groups in total. The molecule has 0 fully saturated rings. The first-order valence-electron chi connectivity index (χ1n) is 7.56. The fraction of sp³-hybridized carbons (Fsp3) is 0.176. The Bertz CT molecular complexity index is 864. The molecule has 0 aliphatic carbocycles. The number of methoxy groups -OCH3 is 2. The van der Waals surface area contributed by atoms with Gasteiger partial charge in [-0.2, -0.15) is 4.68 Å². The predicted octanol–water partition coefficient (Wildman–Crippen LogP) is 1.61. The van der Waals surface area contributed by atoms with Gasteiger partial charge in [-0.15, -0.1) is 5.10 Å². The number of aromatic nitrogens is 4. The fourth-order valence-electron chi connectivity index (χ4n) is 2.32. The number of para-hydroxylation sites is 1. The van der Waals surface area contributed by atoms with Gasteiger partial charge in [0, 0.05) is 5.56 Å². The van der Waals surface area contributed by atoms with E-state index in [-0.39, 0.29) is 12.5 Å². The molecular weight excluding hydrogens is 322 g/mol. The Morgan fingerprint density at radius 3 is 2.56 bits per heavy atom. The Morgan fingerprint density at radius 1 is 1.08 bits per heavy atom. The Morgan fingerprint density at radius 2 is 1.84 bits per heavy atom. The van der Waals surface area contributed by atoms with Crippen LogP contribution in [0.3, 0.4) is 0 Å². The molecule has 0 unspecified atom stereocenters. The van der Waals surface area contributed by atoms with Crippen LogP contribution in [-0.2, 0) is 6.54 Å². The lowest BCUT2D eigenvalue weighted by molar-refractivity contribution is 0.0949. The summed E-state index contributed by atoms with van der Waals surface area (Å²) in [5.74, 6) is 1.32. The van der Waals surface area contributed by atoms with Gasteiger partial charge in [0.2, 0.25) is 0 Å². The summed E-state index contributed by atoms with van der Waals surface area (Å²) >= 11 is 0. The standard InChI is InChI=1S/C17H17N5O3/c1-24-14-9-8-12(10-15(14)25-2)17(23)18-11-16-19-20-21-22(16)13-6-4-3-5-7-13/h3-10H,11H2,1-2H3,(H,18,23). The van der Waals surface area contributed by atoms with E-state index in [0.29, 0.717) is 22.9 Å². The minimum atomic E-state index is -0.261. The molecule has 1 aromatic heterocycles. The molecule has 1 heterocycles. The number of hydrogen-bond acceptors (Lipinski definition) is 6. The summed E-state index contributed by atoms with van der Waals surface area (Å²) in [7, 11) is 3.06. The van der Waals surface area contributed by atoms with E-state index >= 15 is 0 Å². The number of nitrogens with one attached hydrogen (secondary N) is 1. The molecule has 0 bridgehead atoms. The van der Waals surface area contributed by atoms with E-state index in [1.807, 2.05) is 30.3 Å². The van der Waals surface area contributed by atoms with Crippen molar-refractivity contribution in [3.05, 3.63) is 59.9 Å². The number of nitrogens with zero attached hydrogens (tertiary/aromatic N) is 4. The molecule has 0 saturated heterocycles. The molecule has 0 aliphatic heterocycles. The third kappa shape index (κ3) is 3.57. The van der Waals surface area contributed by atoms with E-state index in [2.05, 4.69) is 20.8 Å². The van der Waals surface area contributed by atoms with Crippen molar-refractivity contribution in [3.8, 4) is 17.2 Å². The van der Waals surface area contributed by atoms with Gasteiger partial charge in [0.05, 0.1) is 26.5 Å². The molecule has 0 saturated carbocycles. The van der Waals surface area contributed by atoms with Crippen LogP contribution in [0.2, 0.25) is 0 Å². The third-order valence-corrected chi connectivity index (χ3v) is 3.59. The third-order valence-electron chi connectivity index (χ3n) is 3.59. The minimum Gasteiger partial charge on any atom is -0.493 e. The first-order chi connectivity index (χ1) is 12.2. The maximum Gasteiger partial charge on any atom is 0.251 e. The number of ether oxygens (including phenoxy) is 2. The molecule has 0 spiro atoms. The Balaban J connectivity index is 1.73. The molecule has 25 heavy (non-hydrogen) atoms. The molecule has 8 heteroatoms. The van der Waals surface area contributed by atoms with Crippen molar-refractivity contribution < 1.29 is 14.3 Å². The van der Waals surface area contributed by atoms with E-state index in [9.17, 15) is 4.79 Å². The van der Waals surface area contributed by atoms with Gasteiger partial charge in [0.15, 0.2) is 17.3 Å². The average molecular weight is 339 g/mol. The zero-order valence-electron chi connectivity index (χ0n) is 13.8. The van der Waals surface area contributed by atoms with E-state index in [1.165, 1.54) is 7.11 Å². The lowest BCUT2D eigenvalue weighted by Crippen LogP contribution is -2.24. The van der Waals surface area contributed by atoms with Gasteiger partial charge < -0.3 is 14.8 Å². The normalized spacial score (nSPS) is 10.3. The molecule has 3 aromatic rings. The largest absolute Gasteiger partial charge is 0.493 e. The van der Waals surface area contributed by atoms with Crippen molar-refractivity contribution in [2.75, 3.05) is 14.2 Å². The number of benzene rings is 2. The monoisotopic (exact) mass is 339 g/mol. The molecule has 0 radical (unpaired) electrons. The van der Waals surface area contributed by atoms with Gasteiger partial charge in [-0.1, -0.05) is 18.2 Å². The summed E-state index contributed by atoms with van der Waals surface area (Å²) in [5, 5.41) is 14.4. The van der Waals surface area contributed by atoms with Gasteiger partial charge in [-0.25, -0.2) is 0 Å². The van der Waals surface area contributed by atoms with Gasteiger partial charge in [0.25, 0.3) is 5.91 Å². The van der Waals surface area contributed by atoms with Crippen molar-refractivity contribution in [1.29, 1.82) is 0 Å². The summed E-state index contributed by atoms with van der Waals surface area (Å²) in [6.45, 7) is 0.190. The van der Waals surface area contributed by atoms with E-state index in [0.717, 1.165) is 5.69 Å². The fourth-order valence-corrected chi connectivity index (χ4v) is 2.32. The quantitative estimate of drug-likeness (QED) is 0.734. The van der Waals surface area contributed by atoms with Crippen LogP contribution in [0.1, 0.15) is 16.2 Å². The second-order valence-electron chi connectivity index (χ2n) is 5.09. The lowest BCUT2D eigenvalue weighted by atomic mass is 10.2. The average Bonchev–Trinajstić information content (AvgIpc) is 3.14. The summed E-state index contributed by atoms with van der Waals surface area (Å²) in [6.07, 6.45) is 0. The Hall–Kier alpha value is -3.42. The summed E-state index contributed by atoms with van der Waals surface area (Å²) < 4.78 is 12.0. The highest BCUT2D eigenvalue weighted by Crippen LogP contribution is 2.27. The van der Waals surface area contributed by atoms with Crippen molar-refractivity contribution in [1.82, 2.24) is 25.5 Å². The zero-order chi connectivity index (χ0) is 17.6. The zero-order valence-corrected chi connectivity index (χ0v) is 13.8. The maximum atomic E-state index is 12.4. The predicted molar refractivity (Wildman–Crippen MR) is 89.9 cm³/mol. The number of carbonyl (C=O) groups is 1. The van der Waals surface area contributed by atoms with E-state index in [4.69, 9.17) is 9.47 Å². The lowest BCUT2D eigenvalue weighted by Gasteiger charge is -2.10. The summed E-state index contributed by atoms with van der Waals surface area (Å²) in [6, 6.07) is 14.4. The second-order valence-corrected chi connectivity index (χ2v) is 5.09. The molecule has 8 nitrogen and oxygen atoms in total. The number of rotatable bonds is 6. The van der Waals surface area contributed by atoms with Crippen molar-refractivity contribution >= 4 is 5.91 Å². The van der Waals surface area contributed by atoms with Gasteiger partial charge in [0.1, 0.15) is 0 Å². The Kier molecular flexibility index (Phi) is 4.89. The van der Waals surface area contributed by atoms with Crippen LogP contribution < -0.4 is 14.8 Å². The highest BCUT2D eigenvalue weighted by atomic mass is 16.5. The number of carbonyl (C=O) groups excluding carboxylic acids is 1. The van der Waals surface area contributed by atoms with Gasteiger partial charge in [-0.3, -0.25) is 4.79 Å². The van der Waals surface area contributed by atoms with E-state index in [1.54, 1.807) is 30.0 Å². The van der Waals surface area contributed by atoms with E-state index < -0.39 is 0 Å². The highest BCUT2D eigenvalue weighted by Gasteiger charge is 2.13. The van der Waals surface area contributed by atoms with Crippen LogP contribution in [0, 0.1) is 0 Å². The number of amides is 1. The molecule has 3 rings (SSSR count). The van der Waals surface area contributed by atoms with Gasteiger partial charge >= 0.3 is 0 Å². The van der Waals surface area contributed by atoms with Crippen LogP contribution in [0.4, 0.5) is 0 Å². The molecule has 128 valence electrons. The van der Waals surface area contributed by atoms with Crippen LogP contribution in [-0.4, -0.2) is 40.3 Å². The van der Waals surface area contributed by atoms with Crippen LogP contribution in [0.5, 0.6) is 11.5 Å². The smallest absolute Gasteiger partial charge is 0.251 e. The Labute approximate surface area is 144 Å². The van der Waals surface area contributed by atoms with Crippen molar-refractivity contribution in [2.24, 2.45) is 0 Å². The number of hydrogen-bond donors (Lipinski definition) is 1. The van der Waals surface area contributed by atoms with Crippen molar-refractivity contribution in [2.45, 2.75) is 6.54 Å². The molecule has 2 aromatic carbocycles. The van der Waals surface area contributed by atoms with Crippen LogP contribution in [0.25, 0.3) is 5.69 Å². The van der Waals surface area contributed by atoms with Crippen LogP contribution >= 0.6 is 0 Å². The summed E-state index contributed by atoms with van der Waals surface area (Å²) in [4.78, 5) is 12.4. The molecule has 0 atom stereocenters. The molecule has 1 amide bonds. The molecule has 0 aliphatic rings. The minimum absolute atomic E-state index is 0.190. The highest BCUT2D eigenvalue weighted by molar-refractivity contribution is 5.94. The van der Waals surface area contributed by atoms with Crippen molar-refractivity contribution in [3.63, 3.8) is 0 Å².